The third-order valence-corrected chi connectivity index (χ3v) is 4.80. The summed E-state index contributed by atoms with van der Waals surface area (Å²) in [7, 11) is 1.73. The lowest BCUT2D eigenvalue weighted by Gasteiger charge is -2.11. The molecule has 0 saturated carbocycles. The summed E-state index contributed by atoms with van der Waals surface area (Å²) in [6, 6.07) is 6.85. The molecule has 0 saturated heterocycles. The maximum Gasteiger partial charge on any atom is 0.190 e. The number of aromatic nitrogens is 1. The minimum absolute atomic E-state index is 0. The third kappa shape index (κ3) is 7.27. The molecule has 4 nitrogen and oxygen atoms in total. The maximum absolute atomic E-state index is 13.6. The van der Waals surface area contributed by atoms with Gasteiger partial charge in [-0.3, -0.25) is 4.99 Å². The van der Waals surface area contributed by atoms with E-state index in [2.05, 4.69) is 39.8 Å². The van der Waals surface area contributed by atoms with Crippen molar-refractivity contribution in [1.82, 2.24) is 15.6 Å². The van der Waals surface area contributed by atoms with Crippen LogP contribution in [0.1, 0.15) is 36.0 Å². The molecule has 0 spiro atoms. The Bertz CT molecular complexity index is 673. The summed E-state index contributed by atoms with van der Waals surface area (Å²) < 4.78 is 13.6. The van der Waals surface area contributed by atoms with Crippen molar-refractivity contribution < 1.29 is 4.39 Å². The van der Waals surface area contributed by atoms with Crippen LogP contribution in [0.25, 0.3) is 0 Å². The number of guanidine groups is 1. The van der Waals surface area contributed by atoms with E-state index in [1.165, 1.54) is 11.1 Å². The fraction of sp³-hybridized carbons (Fsp3) is 0.444. The molecule has 1 heterocycles. The highest BCUT2D eigenvalue weighted by atomic mass is 127. The Morgan fingerprint density at radius 3 is 2.48 bits per heavy atom. The number of rotatable bonds is 7. The Morgan fingerprint density at radius 1 is 1.20 bits per heavy atom. The van der Waals surface area contributed by atoms with E-state index in [-0.39, 0.29) is 29.8 Å². The normalized spacial score (nSPS) is 11.3. The quantitative estimate of drug-likeness (QED) is 0.361. The Morgan fingerprint density at radius 2 is 1.88 bits per heavy atom. The first-order chi connectivity index (χ1) is 11.6. The van der Waals surface area contributed by atoms with Gasteiger partial charge in [-0.2, -0.15) is 0 Å². The van der Waals surface area contributed by atoms with Crippen molar-refractivity contribution in [1.29, 1.82) is 0 Å². The van der Waals surface area contributed by atoms with Crippen LogP contribution in [0, 0.1) is 5.82 Å². The lowest BCUT2D eigenvalue weighted by molar-refractivity contribution is 0.606. The first kappa shape index (κ1) is 21.8. The molecule has 0 amide bonds. The zero-order chi connectivity index (χ0) is 17.4. The van der Waals surface area contributed by atoms with Gasteiger partial charge in [0.25, 0.3) is 0 Å². The van der Waals surface area contributed by atoms with Crippen LogP contribution in [0.4, 0.5) is 4.39 Å². The molecule has 25 heavy (non-hydrogen) atoms. The van der Waals surface area contributed by atoms with Gasteiger partial charge in [-0.1, -0.05) is 32.0 Å². The van der Waals surface area contributed by atoms with Gasteiger partial charge in [-0.05, 0) is 18.1 Å². The second kappa shape index (κ2) is 11.4. The molecule has 7 heteroatoms. The van der Waals surface area contributed by atoms with Gasteiger partial charge in [-0.25, -0.2) is 9.37 Å². The predicted molar refractivity (Wildman–Crippen MR) is 115 cm³/mol. The van der Waals surface area contributed by atoms with Crippen molar-refractivity contribution in [2.24, 2.45) is 4.99 Å². The number of thiazole rings is 1. The summed E-state index contributed by atoms with van der Waals surface area (Å²) in [5, 5.41) is 9.77. The van der Waals surface area contributed by atoms with Crippen molar-refractivity contribution in [3.8, 4) is 0 Å². The predicted octanol–water partition coefficient (Wildman–Crippen LogP) is 3.97. The molecule has 0 unspecified atom stereocenters. The Labute approximate surface area is 170 Å². The van der Waals surface area contributed by atoms with Crippen LogP contribution in [0.3, 0.4) is 0 Å². The van der Waals surface area contributed by atoms with Crippen molar-refractivity contribution in [2.45, 2.75) is 32.6 Å². The highest BCUT2D eigenvalue weighted by Crippen LogP contribution is 2.19. The summed E-state index contributed by atoms with van der Waals surface area (Å²) >= 11 is 1.71. The molecule has 1 aromatic carbocycles. The molecule has 0 aliphatic carbocycles. The van der Waals surface area contributed by atoms with E-state index in [4.69, 9.17) is 0 Å². The van der Waals surface area contributed by atoms with Gasteiger partial charge in [0.05, 0.1) is 10.7 Å². The van der Waals surface area contributed by atoms with Crippen molar-refractivity contribution in [3.63, 3.8) is 0 Å². The molecule has 2 N–H and O–H groups in total. The molecular formula is C18H26FIN4S. The first-order valence-corrected chi connectivity index (χ1v) is 9.10. The van der Waals surface area contributed by atoms with Crippen LogP contribution in [0.15, 0.2) is 34.6 Å². The highest BCUT2D eigenvalue weighted by molar-refractivity contribution is 14.0. The number of benzene rings is 1. The number of nitrogens with zero attached hydrogens (tertiary/aromatic N) is 2. The summed E-state index contributed by atoms with van der Waals surface area (Å²) in [5.74, 6) is 1.04. The van der Waals surface area contributed by atoms with Gasteiger partial charge < -0.3 is 10.6 Å². The fourth-order valence-corrected chi connectivity index (χ4v) is 3.12. The summed E-state index contributed by atoms with van der Waals surface area (Å²) in [4.78, 5) is 8.81. The molecule has 2 aromatic rings. The van der Waals surface area contributed by atoms with Gasteiger partial charge >= 0.3 is 0 Å². The average Bonchev–Trinajstić information content (AvgIpc) is 3.04. The summed E-state index contributed by atoms with van der Waals surface area (Å²) in [5.41, 5.74) is 1.82. The van der Waals surface area contributed by atoms with E-state index < -0.39 is 0 Å². The molecule has 0 aliphatic heterocycles. The van der Waals surface area contributed by atoms with Gasteiger partial charge in [0.15, 0.2) is 5.96 Å². The number of hydrogen-bond acceptors (Lipinski definition) is 3. The zero-order valence-electron chi connectivity index (χ0n) is 14.9. The van der Waals surface area contributed by atoms with Gasteiger partial charge in [0.1, 0.15) is 5.82 Å². The molecule has 1 aromatic heterocycles. The van der Waals surface area contributed by atoms with Gasteiger partial charge in [-0.15, -0.1) is 35.3 Å². The minimum atomic E-state index is -0.160. The Hall–Kier alpha value is -1.22. The van der Waals surface area contributed by atoms with Crippen molar-refractivity contribution >= 4 is 41.3 Å². The molecule has 0 fully saturated rings. The zero-order valence-corrected chi connectivity index (χ0v) is 18.0. The standard InChI is InChI=1S/C18H25FN4S.HI/c1-13(2)17-23-15(12-24-17)9-11-22-18(20-3)21-10-8-14-6-4-5-7-16(14)19;/h4-7,12-13H,8-11H2,1-3H3,(H2,20,21,22);1H. The van der Waals surface area contributed by atoms with Crippen molar-refractivity contribution in [3.05, 3.63) is 51.7 Å². The van der Waals surface area contributed by atoms with Crippen LogP contribution in [0.2, 0.25) is 0 Å². The van der Waals surface area contributed by atoms with Crippen LogP contribution < -0.4 is 10.6 Å². The molecule has 2 rings (SSSR count). The lowest BCUT2D eigenvalue weighted by Crippen LogP contribution is -2.39. The van der Waals surface area contributed by atoms with Crippen LogP contribution >= 0.6 is 35.3 Å². The van der Waals surface area contributed by atoms with Crippen LogP contribution in [0.5, 0.6) is 0 Å². The summed E-state index contributed by atoms with van der Waals surface area (Å²) in [6.07, 6.45) is 1.48. The average molecular weight is 476 g/mol. The lowest BCUT2D eigenvalue weighted by atomic mass is 10.1. The SMILES string of the molecule is CN=C(NCCc1csc(C(C)C)n1)NCCc1ccccc1F.I. The van der Waals surface area contributed by atoms with Crippen LogP contribution in [-0.2, 0) is 12.8 Å². The van der Waals surface area contributed by atoms with E-state index in [0.717, 1.165) is 24.6 Å². The number of aliphatic imine (C=N–C) groups is 1. The molecule has 0 radical (unpaired) electrons. The van der Waals surface area contributed by atoms with Gasteiger partial charge in [0.2, 0.25) is 0 Å². The van der Waals surface area contributed by atoms with Crippen LogP contribution in [-0.4, -0.2) is 31.1 Å². The molecule has 0 atom stereocenters. The second-order valence-electron chi connectivity index (χ2n) is 5.85. The Kier molecular flexibility index (Phi) is 9.96. The molecular weight excluding hydrogens is 450 g/mol. The van der Waals surface area contributed by atoms with Crippen molar-refractivity contribution in [2.75, 3.05) is 20.1 Å². The fourth-order valence-electron chi connectivity index (χ4n) is 2.25. The van der Waals surface area contributed by atoms with E-state index in [1.807, 2.05) is 12.1 Å². The maximum atomic E-state index is 13.6. The number of hydrogen-bond donors (Lipinski definition) is 2. The molecule has 0 bridgehead atoms. The van der Waals surface area contributed by atoms with E-state index in [1.54, 1.807) is 24.5 Å². The monoisotopic (exact) mass is 476 g/mol. The smallest absolute Gasteiger partial charge is 0.190 e. The highest BCUT2D eigenvalue weighted by Gasteiger charge is 2.06. The second-order valence-corrected chi connectivity index (χ2v) is 6.74. The number of halogens is 2. The first-order valence-electron chi connectivity index (χ1n) is 8.22. The van der Waals surface area contributed by atoms with E-state index in [9.17, 15) is 4.39 Å². The van der Waals surface area contributed by atoms with Gasteiger partial charge in [0, 0.05) is 37.9 Å². The van der Waals surface area contributed by atoms with E-state index >= 15 is 0 Å². The largest absolute Gasteiger partial charge is 0.356 e. The molecule has 0 aliphatic rings. The van der Waals surface area contributed by atoms with E-state index in [0.29, 0.717) is 24.4 Å². The molecule has 138 valence electrons. The topological polar surface area (TPSA) is 49.3 Å². The number of nitrogens with one attached hydrogen (secondary N) is 2. The third-order valence-electron chi connectivity index (χ3n) is 3.61. The Balaban J connectivity index is 0.00000312. The minimum Gasteiger partial charge on any atom is -0.356 e. The summed E-state index contributed by atoms with van der Waals surface area (Å²) in [6.45, 7) is 5.71.